The normalized spacial score (nSPS) is 12.6. The number of carbonyl (C=O) groups excluding carboxylic acids is 1. The first-order valence-electron chi connectivity index (χ1n) is 4.04. The molecule has 0 bridgehead atoms. The first-order chi connectivity index (χ1) is 5.22. The third-order valence-corrected chi connectivity index (χ3v) is 1.38. The summed E-state index contributed by atoms with van der Waals surface area (Å²) < 4.78 is 4.68. The summed E-state index contributed by atoms with van der Waals surface area (Å²) in [6, 6.07) is 0. The van der Waals surface area contributed by atoms with E-state index in [4.69, 9.17) is 0 Å². The minimum absolute atomic E-state index is 0.310. The van der Waals surface area contributed by atoms with Gasteiger partial charge in [-0.05, 0) is 12.8 Å². The van der Waals surface area contributed by atoms with Crippen molar-refractivity contribution in [3.8, 4) is 0 Å². The van der Waals surface area contributed by atoms with Crippen LogP contribution in [0.2, 0.25) is 0 Å². The van der Waals surface area contributed by atoms with E-state index < -0.39 is 12.1 Å². The van der Waals surface area contributed by atoms with Crippen LogP contribution in [-0.4, -0.2) is 18.7 Å². The smallest absolute Gasteiger partial charge is 0.338 e. The molecule has 0 N–H and O–H groups in total. The first-order valence-corrected chi connectivity index (χ1v) is 4.04. The molecule has 65 valence electrons. The number of esters is 1. The molecule has 0 fully saturated rings. The molecule has 1 atom stereocenters. The maximum atomic E-state index is 10.7. The van der Waals surface area contributed by atoms with Gasteiger partial charge in [0.15, 0.2) is 6.10 Å². The Kier molecular flexibility index (Phi) is 5.84. The third kappa shape index (κ3) is 4.79. The van der Waals surface area contributed by atoms with E-state index in [-0.39, 0.29) is 0 Å². The van der Waals surface area contributed by atoms with Crippen molar-refractivity contribution in [2.24, 2.45) is 0 Å². The van der Waals surface area contributed by atoms with Crippen molar-refractivity contribution in [2.45, 2.75) is 39.2 Å². The van der Waals surface area contributed by atoms with Crippen LogP contribution in [0.5, 0.6) is 0 Å². The van der Waals surface area contributed by atoms with Crippen LogP contribution in [0, 0.1) is 0 Å². The molecule has 0 aromatic rings. The lowest BCUT2D eigenvalue weighted by molar-refractivity contribution is -0.157. The van der Waals surface area contributed by atoms with Gasteiger partial charge in [0.05, 0.1) is 6.61 Å². The number of ether oxygens (including phenoxy) is 1. The van der Waals surface area contributed by atoms with Crippen molar-refractivity contribution >= 4 is 5.97 Å². The Morgan fingerprint density at radius 2 is 2.09 bits per heavy atom. The molecule has 1 radical (unpaired) electrons. The fraction of sp³-hybridized carbons (Fsp3) is 0.875. The highest BCUT2D eigenvalue weighted by molar-refractivity contribution is 5.74. The Labute approximate surface area is 67.4 Å². The zero-order chi connectivity index (χ0) is 8.69. The van der Waals surface area contributed by atoms with Crippen LogP contribution in [0.4, 0.5) is 0 Å². The van der Waals surface area contributed by atoms with Gasteiger partial charge in [0.25, 0.3) is 0 Å². The largest absolute Gasteiger partial charge is 0.464 e. The van der Waals surface area contributed by atoms with Crippen LogP contribution in [-0.2, 0) is 14.6 Å². The summed E-state index contributed by atoms with van der Waals surface area (Å²) in [5, 5.41) is 10.7. The molecule has 11 heavy (non-hydrogen) atoms. The molecule has 0 saturated heterocycles. The summed E-state index contributed by atoms with van der Waals surface area (Å²) in [6.07, 6.45) is 0.933. The van der Waals surface area contributed by atoms with Gasteiger partial charge in [0, 0.05) is 0 Å². The molecule has 0 amide bonds. The number of hydrogen-bond donors (Lipinski definition) is 0. The molecule has 0 aliphatic rings. The second kappa shape index (κ2) is 6.16. The molecule has 1 unspecified atom stereocenters. The standard InChI is InChI=1S/C8H15O3/c1-3-5-6-11-8(10)7(9)4-2/h7H,3-6H2,1-2H3. The molecule has 0 aliphatic heterocycles. The van der Waals surface area contributed by atoms with Gasteiger partial charge in [-0.2, -0.15) is 0 Å². The van der Waals surface area contributed by atoms with Gasteiger partial charge in [-0.25, -0.2) is 9.90 Å². The van der Waals surface area contributed by atoms with Crippen LogP contribution < -0.4 is 0 Å². The molecule has 3 nitrogen and oxygen atoms in total. The van der Waals surface area contributed by atoms with Crippen LogP contribution >= 0.6 is 0 Å². The van der Waals surface area contributed by atoms with Gasteiger partial charge < -0.3 is 4.74 Å². The zero-order valence-electron chi connectivity index (χ0n) is 7.13. The SMILES string of the molecule is CCCCOC(=O)C([O])CC. The van der Waals surface area contributed by atoms with Gasteiger partial charge in [0.2, 0.25) is 0 Å². The van der Waals surface area contributed by atoms with E-state index in [2.05, 4.69) is 4.74 Å². The van der Waals surface area contributed by atoms with Crippen LogP contribution in [0.15, 0.2) is 0 Å². The van der Waals surface area contributed by atoms with Gasteiger partial charge in [0.1, 0.15) is 0 Å². The molecule has 3 heteroatoms. The minimum atomic E-state index is -1.19. The van der Waals surface area contributed by atoms with Crippen molar-refractivity contribution in [1.29, 1.82) is 0 Å². The van der Waals surface area contributed by atoms with E-state index in [0.29, 0.717) is 13.0 Å². The van der Waals surface area contributed by atoms with Crippen molar-refractivity contribution < 1.29 is 14.6 Å². The van der Waals surface area contributed by atoms with Gasteiger partial charge in [-0.3, -0.25) is 0 Å². The molecular formula is C8H15O3. The topological polar surface area (TPSA) is 46.2 Å². The Bertz CT molecular complexity index is 112. The van der Waals surface area contributed by atoms with Gasteiger partial charge in [-0.15, -0.1) is 0 Å². The highest BCUT2D eigenvalue weighted by Crippen LogP contribution is 1.96. The lowest BCUT2D eigenvalue weighted by Crippen LogP contribution is -2.21. The fourth-order valence-electron chi connectivity index (χ4n) is 0.577. The van der Waals surface area contributed by atoms with Crippen molar-refractivity contribution in [3.05, 3.63) is 0 Å². The van der Waals surface area contributed by atoms with Crippen molar-refractivity contribution in [1.82, 2.24) is 0 Å². The summed E-state index contributed by atoms with van der Waals surface area (Å²) >= 11 is 0. The highest BCUT2D eigenvalue weighted by Gasteiger charge is 2.14. The van der Waals surface area contributed by atoms with Crippen molar-refractivity contribution in [2.75, 3.05) is 6.61 Å². The lowest BCUT2D eigenvalue weighted by Gasteiger charge is -2.05. The summed E-state index contributed by atoms with van der Waals surface area (Å²) in [6.45, 7) is 4.06. The summed E-state index contributed by atoms with van der Waals surface area (Å²) in [5.74, 6) is -0.610. The Hall–Kier alpha value is -0.570. The quantitative estimate of drug-likeness (QED) is 0.451. The Balaban J connectivity index is 3.36. The molecule has 0 aromatic carbocycles. The maximum Gasteiger partial charge on any atom is 0.338 e. The molecule has 0 heterocycles. The van der Waals surface area contributed by atoms with E-state index in [1.807, 2.05) is 6.92 Å². The molecule has 0 spiro atoms. The average Bonchev–Trinajstić information content (AvgIpc) is 2.03. The highest BCUT2D eigenvalue weighted by atomic mass is 16.5. The third-order valence-electron chi connectivity index (χ3n) is 1.38. The minimum Gasteiger partial charge on any atom is -0.464 e. The zero-order valence-corrected chi connectivity index (χ0v) is 7.13. The van der Waals surface area contributed by atoms with Gasteiger partial charge >= 0.3 is 5.97 Å². The van der Waals surface area contributed by atoms with E-state index in [0.717, 1.165) is 12.8 Å². The number of unbranched alkanes of at least 4 members (excludes halogenated alkanes) is 1. The monoisotopic (exact) mass is 159 g/mol. The molecule has 0 rings (SSSR count). The Morgan fingerprint density at radius 1 is 1.45 bits per heavy atom. The van der Waals surface area contributed by atoms with Crippen LogP contribution in [0.25, 0.3) is 0 Å². The van der Waals surface area contributed by atoms with Crippen molar-refractivity contribution in [3.63, 3.8) is 0 Å². The second-order valence-corrected chi connectivity index (χ2v) is 2.42. The first kappa shape index (κ1) is 10.4. The van der Waals surface area contributed by atoms with Gasteiger partial charge in [-0.1, -0.05) is 20.3 Å². The average molecular weight is 159 g/mol. The van der Waals surface area contributed by atoms with E-state index in [1.54, 1.807) is 6.92 Å². The molecule has 0 aromatic heterocycles. The summed E-state index contributed by atoms with van der Waals surface area (Å²) in [5.41, 5.74) is 0. The van der Waals surface area contributed by atoms with Crippen LogP contribution in [0.1, 0.15) is 33.1 Å². The van der Waals surface area contributed by atoms with Crippen LogP contribution in [0.3, 0.4) is 0 Å². The number of carbonyl (C=O) groups is 1. The predicted octanol–water partition coefficient (Wildman–Crippen LogP) is 1.54. The van der Waals surface area contributed by atoms with E-state index in [1.165, 1.54) is 0 Å². The Morgan fingerprint density at radius 3 is 2.55 bits per heavy atom. The summed E-state index contributed by atoms with van der Waals surface area (Å²) in [7, 11) is 0. The van der Waals surface area contributed by atoms with E-state index in [9.17, 15) is 9.90 Å². The predicted molar refractivity (Wildman–Crippen MR) is 40.6 cm³/mol. The molecule has 0 saturated carbocycles. The summed E-state index contributed by atoms with van der Waals surface area (Å²) in [4.78, 5) is 10.7. The number of rotatable bonds is 5. The van der Waals surface area contributed by atoms with E-state index >= 15 is 0 Å². The molecule has 0 aliphatic carbocycles. The fourth-order valence-corrected chi connectivity index (χ4v) is 0.577. The lowest BCUT2D eigenvalue weighted by atomic mass is 10.3. The maximum absolute atomic E-state index is 10.7. The number of hydrogen-bond acceptors (Lipinski definition) is 2. The molecular weight excluding hydrogens is 144 g/mol. The second-order valence-electron chi connectivity index (χ2n) is 2.42.